The summed E-state index contributed by atoms with van der Waals surface area (Å²) in [6.45, 7) is 0. The Labute approximate surface area is 63.1 Å². The molecule has 0 saturated carbocycles. The summed E-state index contributed by atoms with van der Waals surface area (Å²) in [5.41, 5.74) is 0. The van der Waals surface area contributed by atoms with Crippen molar-refractivity contribution in [3.8, 4) is 0 Å². The van der Waals surface area contributed by atoms with Gasteiger partial charge in [-0.3, -0.25) is 18.8 Å². The highest BCUT2D eigenvalue weighted by molar-refractivity contribution is 5.85. The Balaban J connectivity index is 0. The Kier molecular flexibility index (Phi) is 31400000. The Morgan fingerprint density at radius 2 is 0.300 bits per heavy atom. The highest BCUT2D eigenvalue weighted by Gasteiger charge is -0.147. The van der Waals surface area contributed by atoms with Crippen molar-refractivity contribution in [3.05, 3.63) is 0 Å². The zero-order chi connectivity index (χ0) is 0. The van der Waals surface area contributed by atoms with Crippen molar-refractivity contribution in [1.82, 2.24) is 30.8 Å². The quantitative estimate of drug-likeness (QED) is 0.375. The molecule has 5 nitrogen and oxygen atoms in total. The van der Waals surface area contributed by atoms with Crippen LogP contribution in [0.5, 0.6) is 0 Å². The van der Waals surface area contributed by atoms with Gasteiger partial charge in [-0.2, -0.15) is 0 Å². The maximum atomic E-state index is 0. The normalized spacial score (nSPS) is 0. The molecular weight excluding hydrogens is 181 g/mol. The molecule has 0 aliphatic carbocycles. The van der Waals surface area contributed by atoms with Crippen molar-refractivity contribution in [3.63, 3.8) is 0 Å². The maximum absolute atomic E-state index is 0. The first-order valence-corrected chi connectivity index (χ1v) is 0. The Hall–Kier alpha value is -0.190. The molecule has 10 heteroatoms. The number of hydrogen-bond donors (Lipinski definition) is 5. The van der Waals surface area contributed by atoms with E-state index in [0.717, 1.165) is 0 Å². The number of hydrogen-bond acceptors (Lipinski definition) is 5. The van der Waals surface area contributed by atoms with E-state index in [9.17, 15) is 0 Å². The molecular formula is H20ClF4N5. The molecule has 0 unspecified atom stereocenters. The summed E-state index contributed by atoms with van der Waals surface area (Å²) >= 11 is 0. The minimum atomic E-state index is 0. The SMILES string of the molecule is Cl.F.F.F.F.N.N.N.N.N. The van der Waals surface area contributed by atoms with Gasteiger partial charge >= 0.3 is 0 Å². The molecule has 0 atom stereocenters. The molecule has 0 aromatic carbocycles. The van der Waals surface area contributed by atoms with Gasteiger partial charge in [0, 0.05) is 0 Å². The lowest BCUT2D eigenvalue weighted by molar-refractivity contribution is 1.11. The van der Waals surface area contributed by atoms with Crippen LogP contribution >= 0.6 is 12.4 Å². The fourth-order valence-electron chi connectivity index (χ4n) is 0. The van der Waals surface area contributed by atoms with Gasteiger partial charge in [0.1, 0.15) is 0 Å². The van der Waals surface area contributed by atoms with E-state index in [0.29, 0.717) is 0 Å². The molecule has 15 N–H and O–H groups in total. The fraction of sp³-hybridized carbons (Fsp3) is 0. The van der Waals surface area contributed by atoms with E-state index in [4.69, 9.17) is 0 Å². The Bertz CT molecular complexity index is 13.6. The molecule has 80 valence electrons. The van der Waals surface area contributed by atoms with Crippen LogP contribution in [0.25, 0.3) is 0 Å². The van der Waals surface area contributed by atoms with Crippen LogP contribution < -0.4 is 30.8 Å². The molecule has 0 radical (unpaired) electrons. The van der Waals surface area contributed by atoms with Crippen LogP contribution in [0, 0.1) is 0 Å². The zero-order valence-electron chi connectivity index (χ0n) is 5.58. The van der Waals surface area contributed by atoms with Crippen LogP contribution in [0.3, 0.4) is 0 Å². The summed E-state index contributed by atoms with van der Waals surface area (Å²) in [5, 5.41) is 0. The third kappa shape index (κ3) is 10000. The van der Waals surface area contributed by atoms with Crippen molar-refractivity contribution in [1.29, 1.82) is 0 Å². The molecule has 0 fully saturated rings. The summed E-state index contributed by atoms with van der Waals surface area (Å²) in [6, 6.07) is 0. The molecule has 0 amide bonds. The third-order valence-corrected chi connectivity index (χ3v) is 0. The van der Waals surface area contributed by atoms with Gasteiger partial charge in [-0.05, 0) is 0 Å². The van der Waals surface area contributed by atoms with E-state index < -0.39 is 0 Å². The number of rotatable bonds is 0. The van der Waals surface area contributed by atoms with Gasteiger partial charge < -0.3 is 30.8 Å². The van der Waals surface area contributed by atoms with Crippen LogP contribution in [0.2, 0.25) is 0 Å². The first-order chi connectivity index (χ1) is 0. The summed E-state index contributed by atoms with van der Waals surface area (Å²) < 4.78 is 0. The summed E-state index contributed by atoms with van der Waals surface area (Å²) in [5.74, 6) is 0. The van der Waals surface area contributed by atoms with Crippen LogP contribution in [0.15, 0.2) is 0 Å². The zero-order valence-corrected chi connectivity index (χ0v) is 6.39. The first-order valence-electron chi connectivity index (χ1n) is 0. The molecule has 0 rings (SSSR count). The van der Waals surface area contributed by atoms with Gasteiger partial charge in [0.2, 0.25) is 0 Å². The number of halogens is 5. The molecule has 10 heavy (non-hydrogen) atoms. The molecule has 0 saturated heterocycles. The van der Waals surface area contributed by atoms with Gasteiger partial charge in [0.25, 0.3) is 0 Å². The molecule has 0 aromatic rings. The first kappa shape index (κ1) is 21100. The van der Waals surface area contributed by atoms with E-state index in [1.807, 2.05) is 0 Å². The lowest BCUT2D eigenvalue weighted by Gasteiger charge is -0.345. The van der Waals surface area contributed by atoms with Crippen molar-refractivity contribution in [2.45, 2.75) is 0 Å². The second kappa shape index (κ2) is 14900. The van der Waals surface area contributed by atoms with E-state index in [-0.39, 0.29) is 62.0 Å². The average Bonchev–Trinajstić information content (AvgIpc) is 0. The largest absolute Gasteiger partial charge is 0.344 e. The second-order valence-electron chi connectivity index (χ2n) is 0. The molecule has 0 spiro atoms. The van der Waals surface area contributed by atoms with Crippen LogP contribution in [-0.4, -0.2) is 0 Å². The van der Waals surface area contributed by atoms with Crippen LogP contribution in [0.1, 0.15) is 0 Å². The molecule has 0 aliphatic rings. The lowest BCUT2D eigenvalue weighted by Crippen LogP contribution is -0.482. The highest BCUT2D eigenvalue weighted by atomic mass is 35.5. The Morgan fingerprint density at radius 1 is 0.300 bits per heavy atom. The van der Waals surface area contributed by atoms with E-state index >= 15 is 0 Å². The summed E-state index contributed by atoms with van der Waals surface area (Å²) in [6.07, 6.45) is 0. The van der Waals surface area contributed by atoms with Crippen molar-refractivity contribution < 1.29 is 18.8 Å². The monoisotopic (exact) mass is 201 g/mol. The van der Waals surface area contributed by atoms with Crippen molar-refractivity contribution in [2.24, 2.45) is 0 Å². The van der Waals surface area contributed by atoms with E-state index in [1.165, 1.54) is 0 Å². The van der Waals surface area contributed by atoms with Crippen molar-refractivity contribution >= 4 is 12.4 Å². The van der Waals surface area contributed by atoms with Gasteiger partial charge in [-0.15, -0.1) is 12.4 Å². The summed E-state index contributed by atoms with van der Waals surface area (Å²) in [7, 11) is 0. The molecule has 0 aliphatic heterocycles. The van der Waals surface area contributed by atoms with Gasteiger partial charge in [0.05, 0.1) is 0 Å². The van der Waals surface area contributed by atoms with E-state index in [1.54, 1.807) is 0 Å². The Morgan fingerprint density at radius 3 is 0.300 bits per heavy atom. The van der Waals surface area contributed by atoms with Crippen LogP contribution in [0.4, 0.5) is 18.8 Å². The van der Waals surface area contributed by atoms with Crippen molar-refractivity contribution in [2.75, 3.05) is 0 Å². The smallest absolute Gasteiger partial charge is 0.147 e. The fourth-order valence-corrected chi connectivity index (χ4v) is 0. The predicted molar refractivity (Wildman–Crippen MR) is 42.4 cm³/mol. The topological polar surface area (TPSA) is 175 Å². The molecule has 0 aromatic heterocycles. The highest BCUT2D eigenvalue weighted by Crippen LogP contribution is 0.690. The van der Waals surface area contributed by atoms with E-state index in [2.05, 4.69) is 0 Å². The standard InChI is InChI=1S/ClH.4FH.5H3N/h5*1H;5*1H3. The van der Waals surface area contributed by atoms with Gasteiger partial charge in [0.15, 0.2) is 0 Å². The van der Waals surface area contributed by atoms with Gasteiger partial charge in [-0.25, -0.2) is 0 Å². The van der Waals surface area contributed by atoms with Crippen LogP contribution in [-0.2, 0) is 0 Å². The maximum Gasteiger partial charge on any atom is -0.147 e. The molecule has 0 bridgehead atoms. The average molecular weight is 202 g/mol. The second-order valence-corrected chi connectivity index (χ2v) is 0. The van der Waals surface area contributed by atoms with Gasteiger partial charge in [-0.1, -0.05) is 0 Å². The third-order valence-electron chi connectivity index (χ3n) is 0. The predicted octanol–water partition coefficient (Wildman–Crippen LogP) is 1.84. The minimum absolute atomic E-state index is 0. The summed E-state index contributed by atoms with van der Waals surface area (Å²) in [4.78, 5) is 0. The lowest BCUT2D eigenvalue weighted by atomic mass is 14.0. The minimum Gasteiger partial charge on any atom is -0.344 e. The molecule has 0 heterocycles.